The van der Waals surface area contributed by atoms with E-state index in [9.17, 15) is 22.8 Å². The van der Waals surface area contributed by atoms with Crippen molar-refractivity contribution in [2.45, 2.75) is 12.3 Å². The van der Waals surface area contributed by atoms with Gasteiger partial charge < -0.3 is 5.21 Å². The Labute approximate surface area is 81.3 Å². The van der Waals surface area contributed by atoms with Gasteiger partial charge in [0.05, 0.1) is 0 Å². The lowest BCUT2D eigenvalue weighted by atomic mass is 10.2. The average molecular weight is 230 g/mol. The van der Waals surface area contributed by atoms with Gasteiger partial charge in [0, 0.05) is 12.1 Å². The molecule has 0 aliphatic heterocycles. The number of nitrogens with zero attached hydrogens (tertiary/aromatic N) is 1. The summed E-state index contributed by atoms with van der Waals surface area (Å²) in [7, 11) is 0. The highest BCUT2D eigenvalue weighted by Gasteiger charge is 2.46. The molecule has 0 spiro atoms. The van der Waals surface area contributed by atoms with Gasteiger partial charge in [0.2, 0.25) is 5.69 Å². The Morgan fingerprint density at radius 1 is 1.36 bits per heavy atom. The lowest BCUT2D eigenvalue weighted by Crippen LogP contribution is -2.37. The predicted molar refractivity (Wildman–Crippen MR) is 40.3 cm³/mol. The maximum atomic E-state index is 12.7. The van der Waals surface area contributed by atoms with E-state index >= 15 is 0 Å². The first-order chi connectivity index (χ1) is 6.34. The third kappa shape index (κ3) is 2.06. The molecular weight excluding hydrogens is 226 g/mol. The fourth-order valence-corrected chi connectivity index (χ4v) is 1.01. The predicted octanol–water partition coefficient (Wildman–Crippen LogP) is 2.55. The van der Waals surface area contributed by atoms with Gasteiger partial charge in [-0.15, -0.1) is 0 Å². The second-order valence-electron chi connectivity index (χ2n) is 2.47. The van der Waals surface area contributed by atoms with Gasteiger partial charge in [0.1, 0.15) is 0 Å². The molecule has 0 radical (unpaired) electrons. The van der Waals surface area contributed by atoms with E-state index in [1.165, 1.54) is 0 Å². The number of pyridine rings is 1. The minimum Gasteiger partial charge on any atom is -0.617 e. The van der Waals surface area contributed by atoms with Crippen molar-refractivity contribution < 1.29 is 22.3 Å². The van der Waals surface area contributed by atoms with E-state index in [-0.39, 0.29) is 4.73 Å². The molecule has 1 heterocycles. The fourth-order valence-electron chi connectivity index (χ4n) is 0.840. The molecule has 0 aliphatic rings. The van der Waals surface area contributed by atoms with Crippen molar-refractivity contribution >= 4 is 11.6 Å². The molecule has 1 unspecified atom stereocenters. The van der Waals surface area contributed by atoms with Crippen LogP contribution in [0.1, 0.15) is 11.9 Å². The second-order valence-corrected chi connectivity index (χ2v) is 2.86. The number of aromatic nitrogens is 1. The Kier molecular flexibility index (Phi) is 2.84. The standard InChI is InChI=1S/C7H4ClF4NO/c8-5-3-1-2-4(13(5)14)6(9)7(10,11)12/h1-3,6H. The summed E-state index contributed by atoms with van der Waals surface area (Å²) >= 11 is 5.22. The number of hydrogen-bond donors (Lipinski definition) is 0. The summed E-state index contributed by atoms with van der Waals surface area (Å²) in [6, 6.07) is 2.88. The summed E-state index contributed by atoms with van der Waals surface area (Å²) < 4.78 is 48.0. The summed E-state index contributed by atoms with van der Waals surface area (Å²) in [6.45, 7) is 0. The number of halogens is 5. The van der Waals surface area contributed by atoms with Crippen LogP contribution in [0.5, 0.6) is 0 Å². The minimum absolute atomic E-state index is 0.292. The van der Waals surface area contributed by atoms with Crippen molar-refractivity contribution in [3.63, 3.8) is 0 Å². The maximum Gasteiger partial charge on any atom is 0.430 e. The Morgan fingerprint density at radius 2 is 1.93 bits per heavy atom. The molecule has 0 aromatic carbocycles. The number of rotatable bonds is 1. The van der Waals surface area contributed by atoms with Crippen LogP contribution in [0, 0.1) is 5.21 Å². The Balaban J connectivity index is 3.14. The summed E-state index contributed by atoms with van der Waals surface area (Å²) in [6.07, 6.45) is -8.42. The van der Waals surface area contributed by atoms with Crippen LogP contribution < -0.4 is 4.73 Å². The van der Waals surface area contributed by atoms with Crippen molar-refractivity contribution in [2.24, 2.45) is 0 Å². The van der Waals surface area contributed by atoms with Crippen LogP contribution in [-0.4, -0.2) is 6.18 Å². The molecule has 7 heteroatoms. The summed E-state index contributed by atoms with van der Waals surface area (Å²) in [4.78, 5) is 0. The molecule has 0 saturated carbocycles. The fraction of sp³-hybridized carbons (Fsp3) is 0.286. The molecular formula is C7H4ClF4NO. The van der Waals surface area contributed by atoms with Crippen LogP contribution in [-0.2, 0) is 0 Å². The van der Waals surface area contributed by atoms with Gasteiger partial charge in [-0.25, -0.2) is 4.39 Å². The van der Waals surface area contributed by atoms with Crippen LogP contribution >= 0.6 is 11.6 Å². The van der Waals surface area contributed by atoms with Crippen LogP contribution in [0.15, 0.2) is 18.2 Å². The normalized spacial score (nSPS) is 14.1. The van der Waals surface area contributed by atoms with Crippen LogP contribution in [0.4, 0.5) is 17.6 Å². The minimum atomic E-state index is -5.10. The first-order valence-electron chi connectivity index (χ1n) is 3.43. The lowest BCUT2D eigenvalue weighted by Gasteiger charge is -2.12. The van der Waals surface area contributed by atoms with E-state index in [1.807, 2.05) is 0 Å². The molecule has 0 fully saturated rings. The smallest absolute Gasteiger partial charge is 0.430 e. The van der Waals surface area contributed by atoms with E-state index in [0.717, 1.165) is 18.2 Å². The topological polar surface area (TPSA) is 26.9 Å². The maximum absolute atomic E-state index is 12.7. The first kappa shape index (κ1) is 11.0. The Morgan fingerprint density at radius 3 is 2.43 bits per heavy atom. The van der Waals surface area contributed by atoms with Crippen LogP contribution in [0.25, 0.3) is 0 Å². The number of hydrogen-bond acceptors (Lipinski definition) is 1. The Hall–Kier alpha value is -1.04. The molecule has 0 bridgehead atoms. The van der Waals surface area contributed by atoms with E-state index in [2.05, 4.69) is 0 Å². The third-order valence-electron chi connectivity index (χ3n) is 1.48. The van der Waals surface area contributed by atoms with E-state index in [1.54, 1.807) is 0 Å². The van der Waals surface area contributed by atoms with Crippen molar-refractivity contribution in [2.75, 3.05) is 0 Å². The van der Waals surface area contributed by atoms with Gasteiger partial charge in [-0.1, -0.05) is 0 Å². The van der Waals surface area contributed by atoms with Gasteiger partial charge in [-0.2, -0.15) is 17.9 Å². The molecule has 0 aliphatic carbocycles. The van der Waals surface area contributed by atoms with Gasteiger partial charge >= 0.3 is 6.18 Å². The molecule has 2 nitrogen and oxygen atoms in total. The highest BCUT2D eigenvalue weighted by atomic mass is 35.5. The SMILES string of the molecule is [O-][n+]1c(Cl)cccc1C(F)C(F)(F)F. The zero-order valence-electron chi connectivity index (χ0n) is 6.55. The monoisotopic (exact) mass is 229 g/mol. The summed E-state index contributed by atoms with van der Waals surface area (Å²) in [5.41, 5.74) is -1.06. The quantitative estimate of drug-likeness (QED) is 0.315. The molecule has 1 aromatic heterocycles. The molecule has 78 valence electrons. The molecule has 0 N–H and O–H groups in total. The highest BCUT2D eigenvalue weighted by molar-refractivity contribution is 6.28. The van der Waals surface area contributed by atoms with Gasteiger partial charge in [-0.05, 0) is 17.7 Å². The van der Waals surface area contributed by atoms with E-state index in [4.69, 9.17) is 11.6 Å². The lowest BCUT2D eigenvalue weighted by molar-refractivity contribution is -0.617. The zero-order chi connectivity index (χ0) is 10.9. The van der Waals surface area contributed by atoms with Crippen LogP contribution in [0.3, 0.4) is 0 Å². The second kappa shape index (κ2) is 3.61. The summed E-state index contributed by atoms with van der Waals surface area (Å²) in [5.74, 6) is 0. The molecule has 1 atom stereocenters. The molecule has 0 saturated heterocycles. The Bertz CT molecular complexity index is 341. The highest BCUT2D eigenvalue weighted by Crippen LogP contribution is 2.34. The van der Waals surface area contributed by atoms with Crippen molar-refractivity contribution in [3.05, 3.63) is 34.3 Å². The van der Waals surface area contributed by atoms with Gasteiger partial charge in [0.15, 0.2) is 0 Å². The largest absolute Gasteiger partial charge is 0.617 e. The van der Waals surface area contributed by atoms with Crippen molar-refractivity contribution in [1.29, 1.82) is 0 Å². The average Bonchev–Trinajstić information content (AvgIpc) is 2.07. The van der Waals surface area contributed by atoms with E-state index < -0.39 is 23.2 Å². The van der Waals surface area contributed by atoms with Gasteiger partial charge in [-0.3, -0.25) is 0 Å². The van der Waals surface area contributed by atoms with Crippen molar-refractivity contribution in [1.82, 2.24) is 0 Å². The number of alkyl halides is 4. The van der Waals surface area contributed by atoms with Crippen LogP contribution in [0.2, 0.25) is 5.15 Å². The molecule has 14 heavy (non-hydrogen) atoms. The zero-order valence-corrected chi connectivity index (χ0v) is 7.31. The summed E-state index contributed by atoms with van der Waals surface area (Å²) in [5, 5.41) is 10.4. The van der Waals surface area contributed by atoms with E-state index in [0.29, 0.717) is 0 Å². The van der Waals surface area contributed by atoms with Gasteiger partial charge in [0.25, 0.3) is 11.3 Å². The first-order valence-corrected chi connectivity index (χ1v) is 3.80. The third-order valence-corrected chi connectivity index (χ3v) is 1.76. The molecule has 0 amide bonds. The van der Waals surface area contributed by atoms with Crippen molar-refractivity contribution in [3.8, 4) is 0 Å². The molecule has 1 rings (SSSR count). The molecule has 1 aromatic rings.